The summed E-state index contributed by atoms with van der Waals surface area (Å²) in [4.78, 5) is 7.68. The molecule has 0 amide bonds. The third-order valence-corrected chi connectivity index (χ3v) is 4.79. The van der Waals surface area contributed by atoms with E-state index in [1.807, 2.05) is 62.3 Å². The van der Waals surface area contributed by atoms with Crippen LogP contribution in [-0.4, -0.2) is 21.3 Å². The fraction of sp³-hybridized carbons (Fsp3) is 0.273. The lowest BCUT2D eigenvalue weighted by atomic mass is 10.2. The number of benzene rings is 2. The highest BCUT2D eigenvalue weighted by Gasteiger charge is 2.00. The molecule has 136 valence electrons. The Hall–Kier alpha value is -2.33. The van der Waals surface area contributed by atoms with Crippen molar-refractivity contribution < 1.29 is 4.74 Å². The lowest BCUT2D eigenvalue weighted by Crippen LogP contribution is -2.04. The molecule has 26 heavy (non-hydrogen) atoms. The zero-order chi connectivity index (χ0) is 18.5. The topological polar surface area (TPSA) is 40.8 Å². The molecule has 0 radical (unpaired) electrons. The van der Waals surface area contributed by atoms with E-state index in [1.54, 1.807) is 0 Å². The first-order valence-electron chi connectivity index (χ1n) is 8.99. The Bertz CT molecular complexity index is 888. The van der Waals surface area contributed by atoms with E-state index in [9.17, 15) is 0 Å². The molecule has 0 aliphatic rings. The Balaban J connectivity index is 0.000000151. The van der Waals surface area contributed by atoms with Gasteiger partial charge < -0.3 is 14.7 Å². The summed E-state index contributed by atoms with van der Waals surface area (Å²) in [5.41, 5.74) is 2.37. The second-order valence-electron chi connectivity index (χ2n) is 6.79. The molecule has 3 nitrogen and oxygen atoms in total. The van der Waals surface area contributed by atoms with E-state index >= 15 is 0 Å². The zero-order valence-electron chi connectivity index (χ0n) is 15.7. The molecule has 0 aliphatic heterocycles. The average Bonchev–Trinajstić information content (AvgIpc) is 3.22. The number of ether oxygens (including phenoxy) is 1. The van der Waals surface area contributed by atoms with Crippen LogP contribution in [-0.2, 0) is 0 Å². The molecule has 0 saturated carbocycles. The molecular weight excluding hydrogens is 340 g/mol. The second kappa shape index (κ2) is 8.37. The fourth-order valence-corrected chi connectivity index (χ4v) is 3.64. The Labute approximate surface area is 159 Å². The standard InChI is InChI=1S/C11H13NO.C11H13NS/c2*1-8(2)13-10-3-4-11-9(7-10)5-6-12-11/h2*3-8,12H,1-2H3. The van der Waals surface area contributed by atoms with Crippen molar-refractivity contribution in [2.45, 2.75) is 43.9 Å². The van der Waals surface area contributed by atoms with Gasteiger partial charge in [-0.15, -0.1) is 11.8 Å². The minimum absolute atomic E-state index is 0.233. The second-order valence-corrected chi connectivity index (χ2v) is 8.44. The van der Waals surface area contributed by atoms with E-state index in [1.165, 1.54) is 21.2 Å². The van der Waals surface area contributed by atoms with Gasteiger partial charge in [-0.05, 0) is 62.4 Å². The number of hydrogen-bond acceptors (Lipinski definition) is 2. The van der Waals surface area contributed by atoms with Crippen molar-refractivity contribution in [1.82, 2.24) is 9.97 Å². The maximum Gasteiger partial charge on any atom is 0.120 e. The first-order chi connectivity index (χ1) is 12.5. The summed E-state index contributed by atoms with van der Waals surface area (Å²) < 4.78 is 5.58. The highest BCUT2D eigenvalue weighted by atomic mass is 32.2. The SMILES string of the molecule is CC(C)Oc1ccc2[nH]ccc2c1.CC(C)Sc1ccc2[nH]ccc2c1. The van der Waals surface area contributed by atoms with Crippen LogP contribution in [0.1, 0.15) is 27.7 Å². The van der Waals surface area contributed by atoms with Crippen molar-refractivity contribution in [3.05, 3.63) is 60.9 Å². The van der Waals surface area contributed by atoms with Crippen LogP contribution >= 0.6 is 11.8 Å². The van der Waals surface area contributed by atoms with Crippen LogP contribution < -0.4 is 4.74 Å². The molecule has 2 aromatic heterocycles. The van der Waals surface area contributed by atoms with Gasteiger partial charge in [-0.3, -0.25) is 0 Å². The molecule has 4 aromatic rings. The van der Waals surface area contributed by atoms with Gasteiger partial charge in [-0.2, -0.15) is 0 Å². The number of rotatable bonds is 4. The Morgan fingerprint density at radius 1 is 0.769 bits per heavy atom. The molecule has 0 bridgehead atoms. The molecular formula is C22H26N2OS. The third-order valence-electron chi connectivity index (χ3n) is 3.79. The monoisotopic (exact) mass is 366 g/mol. The number of H-pyrrole nitrogens is 2. The van der Waals surface area contributed by atoms with E-state index in [4.69, 9.17) is 4.74 Å². The van der Waals surface area contributed by atoms with Gasteiger partial charge in [0, 0.05) is 44.3 Å². The quantitative estimate of drug-likeness (QED) is 0.398. The average molecular weight is 367 g/mol. The van der Waals surface area contributed by atoms with Crippen molar-refractivity contribution in [2.24, 2.45) is 0 Å². The summed E-state index contributed by atoms with van der Waals surface area (Å²) in [7, 11) is 0. The summed E-state index contributed by atoms with van der Waals surface area (Å²) in [5, 5.41) is 3.14. The zero-order valence-corrected chi connectivity index (χ0v) is 16.6. The van der Waals surface area contributed by atoms with Gasteiger partial charge in [0.25, 0.3) is 0 Å². The van der Waals surface area contributed by atoms with E-state index in [2.05, 4.69) is 48.1 Å². The van der Waals surface area contributed by atoms with Crippen LogP contribution in [0.3, 0.4) is 0 Å². The molecule has 0 fully saturated rings. The van der Waals surface area contributed by atoms with Gasteiger partial charge in [-0.25, -0.2) is 0 Å². The lowest BCUT2D eigenvalue weighted by Gasteiger charge is -2.08. The number of nitrogens with one attached hydrogen (secondary N) is 2. The van der Waals surface area contributed by atoms with Gasteiger partial charge in [0.1, 0.15) is 5.75 Å². The molecule has 4 rings (SSSR count). The van der Waals surface area contributed by atoms with Crippen molar-refractivity contribution >= 4 is 33.6 Å². The predicted molar refractivity (Wildman–Crippen MR) is 113 cm³/mol. The normalized spacial score (nSPS) is 11.2. The smallest absolute Gasteiger partial charge is 0.120 e. The van der Waals surface area contributed by atoms with Crippen LogP contribution in [0.25, 0.3) is 21.8 Å². The fourth-order valence-electron chi connectivity index (χ4n) is 2.75. The highest BCUT2D eigenvalue weighted by molar-refractivity contribution is 7.99. The van der Waals surface area contributed by atoms with Gasteiger partial charge in [0.2, 0.25) is 0 Å². The Morgan fingerprint density at radius 3 is 2.00 bits per heavy atom. The van der Waals surface area contributed by atoms with Gasteiger partial charge in [0.05, 0.1) is 6.10 Å². The third kappa shape index (κ3) is 4.85. The van der Waals surface area contributed by atoms with Crippen LogP contribution in [0.5, 0.6) is 5.75 Å². The van der Waals surface area contributed by atoms with Crippen LogP contribution in [0.15, 0.2) is 65.8 Å². The summed E-state index contributed by atoms with van der Waals surface area (Å²) >= 11 is 1.90. The summed E-state index contributed by atoms with van der Waals surface area (Å²) in [5.74, 6) is 0.933. The minimum Gasteiger partial charge on any atom is -0.491 e. The number of aromatic nitrogens is 2. The molecule has 4 heteroatoms. The molecule has 0 aliphatic carbocycles. The van der Waals surface area contributed by atoms with E-state index in [-0.39, 0.29) is 6.10 Å². The van der Waals surface area contributed by atoms with E-state index < -0.39 is 0 Å². The molecule has 2 aromatic carbocycles. The first-order valence-corrected chi connectivity index (χ1v) is 9.87. The van der Waals surface area contributed by atoms with Crippen LogP contribution in [0.2, 0.25) is 0 Å². The largest absolute Gasteiger partial charge is 0.491 e. The van der Waals surface area contributed by atoms with E-state index in [0.29, 0.717) is 5.25 Å². The molecule has 0 atom stereocenters. The number of aromatic amines is 2. The molecule has 0 saturated heterocycles. The first kappa shape index (κ1) is 18.5. The number of thioether (sulfide) groups is 1. The maximum absolute atomic E-state index is 5.58. The van der Waals surface area contributed by atoms with Crippen LogP contribution in [0.4, 0.5) is 0 Å². The Morgan fingerprint density at radius 2 is 1.38 bits per heavy atom. The molecule has 0 unspecified atom stereocenters. The predicted octanol–water partition coefficient (Wildman–Crippen LogP) is 6.62. The molecule has 2 heterocycles. The minimum atomic E-state index is 0.233. The van der Waals surface area contributed by atoms with Crippen molar-refractivity contribution in [3.63, 3.8) is 0 Å². The summed E-state index contributed by atoms with van der Waals surface area (Å²) in [6, 6.07) is 16.8. The van der Waals surface area contributed by atoms with Crippen molar-refractivity contribution in [2.75, 3.05) is 0 Å². The number of fused-ring (bicyclic) bond motifs is 2. The highest BCUT2D eigenvalue weighted by Crippen LogP contribution is 2.26. The summed E-state index contributed by atoms with van der Waals surface area (Å²) in [6.45, 7) is 8.49. The Kier molecular flexibility index (Phi) is 5.94. The van der Waals surface area contributed by atoms with Crippen LogP contribution in [0, 0.1) is 0 Å². The maximum atomic E-state index is 5.58. The van der Waals surface area contributed by atoms with Crippen molar-refractivity contribution in [3.8, 4) is 5.75 Å². The van der Waals surface area contributed by atoms with Gasteiger partial charge in [0.15, 0.2) is 0 Å². The molecule has 2 N–H and O–H groups in total. The van der Waals surface area contributed by atoms with E-state index in [0.717, 1.165) is 11.3 Å². The van der Waals surface area contributed by atoms with Gasteiger partial charge in [-0.1, -0.05) is 13.8 Å². The summed E-state index contributed by atoms with van der Waals surface area (Å²) in [6.07, 6.45) is 4.15. The van der Waals surface area contributed by atoms with Crippen molar-refractivity contribution in [1.29, 1.82) is 0 Å². The number of hydrogen-bond donors (Lipinski definition) is 2. The van der Waals surface area contributed by atoms with Gasteiger partial charge >= 0.3 is 0 Å². The molecule has 0 spiro atoms. The lowest BCUT2D eigenvalue weighted by molar-refractivity contribution is 0.243.